The summed E-state index contributed by atoms with van der Waals surface area (Å²) in [5.41, 5.74) is 6.45. The second-order valence-electron chi connectivity index (χ2n) is 5.88. The predicted octanol–water partition coefficient (Wildman–Crippen LogP) is 2.33. The number of nitrogens with two attached hydrogens (primary N) is 1. The molecule has 1 unspecified atom stereocenters. The van der Waals surface area contributed by atoms with Gasteiger partial charge in [-0.3, -0.25) is 9.59 Å². The summed E-state index contributed by atoms with van der Waals surface area (Å²) >= 11 is 1.66. The minimum Gasteiger partial charge on any atom is -0.341 e. The Labute approximate surface area is 140 Å². The molecule has 6 heteroatoms. The van der Waals surface area contributed by atoms with E-state index in [1.165, 1.54) is 24.3 Å². The van der Waals surface area contributed by atoms with Gasteiger partial charge in [0.15, 0.2) is 5.78 Å². The second-order valence-corrected chi connectivity index (χ2v) is 6.87. The molecule has 0 aliphatic carbocycles. The zero-order valence-electron chi connectivity index (χ0n) is 13.3. The van der Waals surface area contributed by atoms with Crippen LogP contribution in [0, 0.1) is 11.7 Å². The number of nitrogens with zero attached hydrogens (tertiary/aromatic N) is 1. The standard InChI is InChI=1S/C17H23FN2O2S/c1-23-10-8-15(19)17(22)20-9-2-3-13(11-20)16(21)12-4-6-14(18)7-5-12/h4-7,13,15H,2-3,8-11,19H2,1H3/t13?,15-/m0/s1. The molecule has 1 heterocycles. The molecule has 0 spiro atoms. The van der Waals surface area contributed by atoms with E-state index < -0.39 is 6.04 Å². The SMILES string of the molecule is CSCC[C@H](N)C(=O)N1CCCC(C(=O)c2ccc(F)cc2)C1. The predicted molar refractivity (Wildman–Crippen MR) is 91.0 cm³/mol. The largest absolute Gasteiger partial charge is 0.341 e. The lowest BCUT2D eigenvalue weighted by molar-refractivity contribution is -0.134. The number of hydrogen-bond acceptors (Lipinski definition) is 4. The molecule has 0 radical (unpaired) electrons. The van der Waals surface area contributed by atoms with E-state index in [4.69, 9.17) is 5.73 Å². The van der Waals surface area contributed by atoms with Gasteiger partial charge in [0.05, 0.1) is 6.04 Å². The zero-order valence-corrected chi connectivity index (χ0v) is 14.2. The van der Waals surface area contributed by atoms with E-state index in [2.05, 4.69) is 0 Å². The van der Waals surface area contributed by atoms with Gasteiger partial charge in [-0.25, -0.2) is 4.39 Å². The molecule has 1 aliphatic rings. The van der Waals surface area contributed by atoms with Crippen molar-refractivity contribution in [3.8, 4) is 0 Å². The van der Waals surface area contributed by atoms with Gasteiger partial charge in [0.25, 0.3) is 0 Å². The minimum absolute atomic E-state index is 0.0276. The molecule has 1 amide bonds. The second kappa shape index (κ2) is 8.45. The molecule has 126 valence electrons. The molecule has 2 atom stereocenters. The fourth-order valence-electron chi connectivity index (χ4n) is 2.84. The molecular weight excluding hydrogens is 315 g/mol. The number of rotatable bonds is 6. The summed E-state index contributed by atoms with van der Waals surface area (Å²) in [7, 11) is 0. The molecule has 1 aliphatic heterocycles. The first kappa shape index (κ1) is 17.9. The van der Waals surface area contributed by atoms with Crippen LogP contribution in [0.15, 0.2) is 24.3 Å². The quantitative estimate of drug-likeness (QED) is 0.809. The molecule has 4 nitrogen and oxygen atoms in total. The number of likely N-dealkylation sites (tertiary alicyclic amines) is 1. The molecule has 1 aromatic rings. The van der Waals surface area contributed by atoms with Crippen molar-refractivity contribution in [2.75, 3.05) is 25.1 Å². The average molecular weight is 338 g/mol. The van der Waals surface area contributed by atoms with Crippen LogP contribution >= 0.6 is 11.8 Å². The van der Waals surface area contributed by atoms with Gasteiger partial charge in [0, 0.05) is 24.6 Å². The number of hydrogen-bond donors (Lipinski definition) is 1. The summed E-state index contributed by atoms with van der Waals surface area (Å²) in [5, 5.41) is 0. The van der Waals surface area contributed by atoms with Crippen molar-refractivity contribution in [3.63, 3.8) is 0 Å². The van der Waals surface area contributed by atoms with Crippen LogP contribution in [0.2, 0.25) is 0 Å². The Balaban J connectivity index is 1.98. The van der Waals surface area contributed by atoms with Gasteiger partial charge in [-0.05, 0) is 55.5 Å². The molecule has 2 N–H and O–H groups in total. The third kappa shape index (κ3) is 4.78. The fraction of sp³-hybridized carbons (Fsp3) is 0.529. The lowest BCUT2D eigenvalue weighted by Crippen LogP contribution is -2.49. The minimum atomic E-state index is -0.498. The molecular formula is C17H23FN2O2S. The van der Waals surface area contributed by atoms with Gasteiger partial charge in [0.1, 0.15) is 5.82 Å². The Morgan fingerprint density at radius 2 is 2.09 bits per heavy atom. The molecule has 2 rings (SSSR count). The number of thioether (sulfide) groups is 1. The molecule has 1 saturated heterocycles. The average Bonchev–Trinajstić information content (AvgIpc) is 2.59. The van der Waals surface area contributed by atoms with Crippen molar-refractivity contribution in [2.24, 2.45) is 11.7 Å². The van der Waals surface area contributed by atoms with Crippen LogP contribution in [0.5, 0.6) is 0 Å². The number of carbonyl (C=O) groups excluding carboxylic acids is 2. The maximum atomic E-state index is 13.0. The van der Waals surface area contributed by atoms with Gasteiger partial charge >= 0.3 is 0 Å². The van der Waals surface area contributed by atoms with Crippen molar-refractivity contribution >= 4 is 23.5 Å². The van der Waals surface area contributed by atoms with Crippen LogP contribution < -0.4 is 5.73 Å². The number of Topliss-reactive ketones (excluding diaryl/α,β-unsaturated/α-hetero) is 1. The van der Waals surface area contributed by atoms with E-state index >= 15 is 0 Å². The zero-order chi connectivity index (χ0) is 16.8. The highest BCUT2D eigenvalue weighted by molar-refractivity contribution is 7.98. The Morgan fingerprint density at radius 1 is 1.39 bits per heavy atom. The number of ketones is 1. The summed E-state index contributed by atoms with van der Waals surface area (Å²) < 4.78 is 13.0. The van der Waals surface area contributed by atoms with Crippen molar-refractivity contribution in [1.82, 2.24) is 4.90 Å². The Morgan fingerprint density at radius 3 is 2.74 bits per heavy atom. The lowest BCUT2D eigenvalue weighted by atomic mass is 9.89. The third-order valence-electron chi connectivity index (χ3n) is 4.18. The van der Waals surface area contributed by atoms with Crippen LogP contribution in [0.4, 0.5) is 4.39 Å². The summed E-state index contributed by atoms with van der Waals surface area (Å²) in [4.78, 5) is 26.6. The summed E-state index contributed by atoms with van der Waals surface area (Å²) in [6.45, 7) is 1.06. The first-order chi connectivity index (χ1) is 11.0. The Kier molecular flexibility index (Phi) is 6.59. The summed E-state index contributed by atoms with van der Waals surface area (Å²) in [5.74, 6) is 0.155. The highest BCUT2D eigenvalue weighted by Crippen LogP contribution is 2.22. The Bertz CT molecular complexity index is 550. The van der Waals surface area contributed by atoms with E-state index in [0.29, 0.717) is 25.1 Å². The van der Waals surface area contributed by atoms with Crippen molar-refractivity contribution in [1.29, 1.82) is 0 Å². The van der Waals surface area contributed by atoms with E-state index in [1.807, 2.05) is 6.26 Å². The number of carbonyl (C=O) groups is 2. The van der Waals surface area contributed by atoms with Crippen molar-refractivity contribution < 1.29 is 14.0 Å². The van der Waals surface area contributed by atoms with Crippen molar-refractivity contribution in [2.45, 2.75) is 25.3 Å². The normalized spacial score (nSPS) is 19.4. The summed E-state index contributed by atoms with van der Waals surface area (Å²) in [6, 6.07) is 5.09. The smallest absolute Gasteiger partial charge is 0.239 e. The van der Waals surface area contributed by atoms with E-state index in [1.54, 1.807) is 16.7 Å². The lowest BCUT2D eigenvalue weighted by Gasteiger charge is -2.33. The van der Waals surface area contributed by atoms with Crippen LogP contribution in [-0.4, -0.2) is 47.7 Å². The van der Waals surface area contributed by atoms with Crippen molar-refractivity contribution in [3.05, 3.63) is 35.6 Å². The van der Waals surface area contributed by atoms with E-state index in [9.17, 15) is 14.0 Å². The van der Waals surface area contributed by atoms with Crippen LogP contribution in [0.25, 0.3) is 0 Å². The number of piperidine rings is 1. The molecule has 0 bridgehead atoms. The van der Waals surface area contributed by atoms with Crippen LogP contribution in [-0.2, 0) is 4.79 Å². The first-order valence-corrected chi connectivity index (χ1v) is 9.25. The maximum absolute atomic E-state index is 13.0. The molecule has 23 heavy (non-hydrogen) atoms. The van der Waals surface area contributed by atoms with Crippen LogP contribution in [0.1, 0.15) is 29.6 Å². The van der Waals surface area contributed by atoms with Gasteiger partial charge < -0.3 is 10.6 Å². The molecule has 0 aromatic heterocycles. The highest BCUT2D eigenvalue weighted by atomic mass is 32.2. The van der Waals surface area contributed by atoms with E-state index in [-0.39, 0.29) is 23.4 Å². The van der Waals surface area contributed by atoms with Crippen LogP contribution in [0.3, 0.4) is 0 Å². The highest BCUT2D eigenvalue weighted by Gasteiger charge is 2.30. The van der Waals surface area contributed by atoms with E-state index in [0.717, 1.165) is 18.6 Å². The monoisotopic (exact) mass is 338 g/mol. The molecule has 0 saturated carbocycles. The Hall–Kier alpha value is -1.40. The topological polar surface area (TPSA) is 63.4 Å². The maximum Gasteiger partial charge on any atom is 0.239 e. The first-order valence-electron chi connectivity index (χ1n) is 7.86. The number of halogens is 1. The van der Waals surface area contributed by atoms with Gasteiger partial charge in [-0.1, -0.05) is 0 Å². The summed E-state index contributed by atoms with van der Waals surface area (Å²) in [6.07, 6.45) is 4.17. The van der Waals surface area contributed by atoms with Gasteiger partial charge in [0.2, 0.25) is 5.91 Å². The van der Waals surface area contributed by atoms with Gasteiger partial charge in [-0.15, -0.1) is 0 Å². The fourth-order valence-corrected chi connectivity index (χ4v) is 3.33. The number of benzene rings is 1. The molecule has 1 aromatic carbocycles. The molecule has 1 fully saturated rings. The number of amides is 1. The third-order valence-corrected chi connectivity index (χ3v) is 4.83. The van der Waals surface area contributed by atoms with Gasteiger partial charge in [-0.2, -0.15) is 11.8 Å².